The van der Waals surface area contributed by atoms with Crippen LogP contribution in [-0.2, 0) is 12.0 Å². The van der Waals surface area contributed by atoms with Crippen LogP contribution in [0.4, 0.5) is 5.69 Å². The molecule has 0 N–H and O–H groups in total. The number of hydrogen-bond acceptors (Lipinski definition) is 4. The quantitative estimate of drug-likeness (QED) is 0.0788. The standard InChI is InChI=1S/C37H55N4S.C5H7NS.4HI/c1-9-27-40(5,6)29-19-30-41(7,8)28-18-17-26-39-33-22-15-16-23-34(33)42-36(39)25-12-10-11-24-35-37(2,3)31-20-13-14-21-32(31)38(35)4;1-5-6(2)3-4-7-5;;;;/h10-16,20-25H,9,17-19,26-30H2,1-8H3;3-4H,1H2,2H3;4*1H/q+3;;;;;/p-3. The molecule has 11 heteroatoms. The van der Waals surface area contributed by atoms with Crippen LogP contribution in [0.1, 0.15) is 57.0 Å². The van der Waals surface area contributed by atoms with Crippen molar-refractivity contribution in [2.24, 2.45) is 0 Å². The Morgan fingerprint density at radius 3 is 2.04 bits per heavy atom. The lowest BCUT2D eigenvalue weighted by atomic mass is 9.84. The molecule has 2 aromatic carbocycles. The van der Waals surface area contributed by atoms with Crippen LogP contribution in [-0.4, -0.2) is 82.3 Å². The predicted octanol–water partition coefficient (Wildman–Crippen LogP) is 1.04. The molecule has 2 aliphatic rings. The van der Waals surface area contributed by atoms with E-state index in [9.17, 15) is 0 Å². The first-order valence-corrected chi connectivity index (χ1v) is 19.6. The molecule has 296 valence electrons. The van der Waals surface area contributed by atoms with Crippen molar-refractivity contribution in [3.05, 3.63) is 112 Å². The Hall–Kier alpha value is -0.180. The van der Waals surface area contributed by atoms with Gasteiger partial charge in [-0.1, -0.05) is 99.0 Å². The molecule has 0 aliphatic carbocycles. The minimum absolute atomic E-state index is 0. The molecule has 2 aliphatic heterocycles. The van der Waals surface area contributed by atoms with Crippen LogP contribution in [0, 0.1) is 0 Å². The summed E-state index contributed by atoms with van der Waals surface area (Å²) < 4.78 is 6.15. The second-order valence-corrected chi connectivity index (χ2v) is 17.3. The van der Waals surface area contributed by atoms with Gasteiger partial charge in [-0.2, -0.15) is 4.57 Å². The monoisotopic (exact) mass is 1210 g/mol. The molecule has 0 saturated carbocycles. The van der Waals surface area contributed by atoms with Gasteiger partial charge >= 0.3 is 0 Å². The summed E-state index contributed by atoms with van der Waals surface area (Å²) in [6, 6.07) is 17.6. The van der Waals surface area contributed by atoms with Crippen LogP contribution in [0.25, 0.3) is 16.3 Å². The molecular weight excluding hydrogens is 1150 g/mol. The van der Waals surface area contributed by atoms with Gasteiger partial charge in [0.1, 0.15) is 4.70 Å². The lowest BCUT2D eigenvalue weighted by molar-refractivity contribution is -0.909. The van der Waals surface area contributed by atoms with Crippen LogP contribution in [0.2, 0.25) is 0 Å². The number of benzene rings is 2. The zero-order valence-corrected chi connectivity index (χ0v) is 43.8. The van der Waals surface area contributed by atoms with Gasteiger partial charge in [0.25, 0.3) is 5.01 Å². The number of quaternary nitrogens is 2. The first-order chi connectivity index (χ1) is 23.3. The molecule has 0 unspecified atom stereocenters. The van der Waals surface area contributed by atoms with Gasteiger partial charge in [0.05, 0.1) is 59.4 Å². The second kappa shape index (κ2) is 24.6. The molecule has 0 radical (unpaired) electrons. The molecule has 0 bridgehead atoms. The van der Waals surface area contributed by atoms with E-state index in [1.54, 1.807) is 11.8 Å². The Morgan fingerprint density at radius 1 is 0.811 bits per heavy atom. The van der Waals surface area contributed by atoms with Crippen molar-refractivity contribution in [1.82, 2.24) is 4.90 Å². The van der Waals surface area contributed by atoms with Gasteiger partial charge in [0.2, 0.25) is 5.52 Å². The third-order valence-electron chi connectivity index (χ3n) is 9.93. The van der Waals surface area contributed by atoms with Crippen molar-refractivity contribution in [1.29, 1.82) is 0 Å². The lowest BCUT2D eigenvalue weighted by Gasteiger charge is -2.33. The molecule has 0 atom stereocenters. The van der Waals surface area contributed by atoms with Crippen molar-refractivity contribution in [2.75, 3.05) is 73.4 Å². The summed E-state index contributed by atoms with van der Waals surface area (Å²) in [7, 11) is 13.7. The van der Waals surface area contributed by atoms with E-state index < -0.39 is 0 Å². The smallest absolute Gasteiger partial charge is 0.262 e. The Morgan fingerprint density at radius 2 is 1.43 bits per heavy atom. The van der Waals surface area contributed by atoms with Gasteiger partial charge in [-0.05, 0) is 35.6 Å². The SMILES string of the molecule is C=C1SC=CN1C.CCC[N+](C)(C)CCC[N+](C)(C)CCCC[n+]1c(C=CC=CC=C2N(C)c3ccccc3C2(C)C)sc2ccccc21.I.[I-].[I-].[I-]. The van der Waals surface area contributed by atoms with E-state index in [4.69, 9.17) is 0 Å². The summed E-state index contributed by atoms with van der Waals surface area (Å²) in [4.78, 5) is 4.32. The van der Waals surface area contributed by atoms with Crippen molar-refractivity contribution in [3.63, 3.8) is 0 Å². The second-order valence-electron chi connectivity index (χ2n) is 15.3. The third kappa shape index (κ3) is 15.3. The molecule has 0 amide bonds. The van der Waals surface area contributed by atoms with Crippen molar-refractivity contribution < 1.29 is 85.5 Å². The molecule has 1 aromatic heterocycles. The Balaban J connectivity index is 0.00000221. The van der Waals surface area contributed by atoms with Crippen molar-refractivity contribution >= 4 is 69.1 Å². The number of nitrogens with zero attached hydrogens (tertiary/aromatic N) is 5. The number of aromatic nitrogens is 1. The lowest BCUT2D eigenvalue weighted by Crippen LogP contribution is -3.00. The molecule has 0 saturated heterocycles. The number of thiazole rings is 1. The number of unbranched alkanes of at least 4 members (excludes halogenated alkanes) is 1. The van der Waals surface area contributed by atoms with E-state index in [0.717, 1.165) is 20.5 Å². The Kier molecular flexibility index (Phi) is 24.5. The van der Waals surface area contributed by atoms with E-state index in [1.165, 1.54) is 84.0 Å². The van der Waals surface area contributed by atoms with Gasteiger partial charge in [0, 0.05) is 68.5 Å². The topological polar surface area (TPSA) is 10.4 Å². The first kappa shape index (κ1) is 52.8. The highest BCUT2D eigenvalue weighted by Crippen LogP contribution is 2.46. The number of para-hydroxylation sites is 2. The number of allylic oxidation sites excluding steroid dienone is 5. The van der Waals surface area contributed by atoms with Gasteiger partial charge in [-0.3, -0.25) is 0 Å². The third-order valence-corrected chi connectivity index (χ3v) is 11.9. The fourth-order valence-corrected chi connectivity index (χ4v) is 8.72. The number of thioether (sulfide) groups is 1. The number of fused-ring (bicyclic) bond motifs is 2. The molecule has 0 fully saturated rings. The molecule has 5 nitrogen and oxygen atoms in total. The van der Waals surface area contributed by atoms with Crippen LogP contribution >= 0.6 is 47.1 Å². The van der Waals surface area contributed by atoms with E-state index >= 15 is 0 Å². The number of aryl methyl sites for hydroxylation is 1. The zero-order valence-electron chi connectivity index (χ0n) is 33.3. The first-order valence-electron chi connectivity index (χ1n) is 17.9. The van der Waals surface area contributed by atoms with Crippen molar-refractivity contribution in [2.45, 2.75) is 58.4 Å². The minimum Gasteiger partial charge on any atom is -1.00 e. The predicted molar refractivity (Wildman–Crippen MR) is 233 cm³/mol. The van der Waals surface area contributed by atoms with E-state index in [0.29, 0.717) is 0 Å². The maximum atomic E-state index is 3.76. The summed E-state index contributed by atoms with van der Waals surface area (Å²) >= 11 is 3.55. The normalized spacial score (nSPS) is 15.6. The fraction of sp³-hybridized carbons (Fsp3) is 0.452. The molecule has 0 spiro atoms. The molecule has 3 heterocycles. The highest BCUT2D eigenvalue weighted by molar-refractivity contribution is 14.0. The number of anilines is 1. The van der Waals surface area contributed by atoms with Gasteiger partial charge < -0.3 is 90.7 Å². The summed E-state index contributed by atoms with van der Waals surface area (Å²) in [6.45, 7) is 16.8. The van der Waals surface area contributed by atoms with Crippen molar-refractivity contribution in [3.8, 4) is 0 Å². The number of halogens is 4. The largest absolute Gasteiger partial charge is 1.00 e. The van der Waals surface area contributed by atoms with Crippen LogP contribution in [0.3, 0.4) is 0 Å². The number of rotatable bonds is 14. The average molecular weight is 1210 g/mol. The summed E-state index contributed by atoms with van der Waals surface area (Å²) in [5.74, 6) is 0. The molecule has 53 heavy (non-hydrogen) atoms. The van der Waals surface area contributed by atoms with E-state index in [2.05, 4.69) is 151 Å². The summed E-state index contributed by atoms with van der Waals surface area (Å²) in [6.07, 6.45) is 18.1. The minimum atomic E-state index is 0. The van der Waals surface area contributed by atoms with Gasteiger partial charge in [0.15, 0.2) is 6.54 Å². The molecule has 5 rings (SSSR count). The average Bonchev–Trinajstić information content (AvgIpc) is 3.66. The van der Waals surface area contributed by atoms with E-state index in [-0.39, 0.29) is 101 Å². The highest BCUT2D eigenvalue weighted by atomic mass is 127. The van der Waals surface area contributed by atoms with Crippen LogP contribution in [0.15, 0.2) is 102 Å². The maximum absolute atomic E-state index is 3.76. The fourth-order valence-electron chi connectivity index (χ4n) is 6.99. The Labute approximate surface area is 399 Å². The van der Waals surface area contributed by atoms with Gasteiger partial charge in [-0.15, -0.1) is 24.0 Å². The Bertz CT molecular complexity index is 1690. The zero-order chi connectivity index (χ0) is 35.7. The molecule has 3 aromatic rings. The van der Waals surface area contributed by atoms with E-state index in [1.807, 2.05) is 34.9 Å². The van der Waals surface area contributed by atoms with Crippen LogP contribution in [0.5, 0.6) is 0 Å². The summed E-state index contributed by atoms with van der Waals surface area (Å²) in [5, 5.41) is 4.44. The highest BCUT2D eigenvalue weighted by Gasteiger charge is 2.37. The number of hydrogen-bond donors (Lipinski definition) is 0. The maximum Gasteiger partial charge on any atom is 0.262 e. The molecular formula is C42H63I4N5S2. The van der Waals surface area contributed by atoms with Crippen LogP contribution < -0.4 is 81.4 Å². The summed E-state index contributed by atoms with van der Waals surface area (Å²) in [5.41, 5.74) is 5.39. The number of likely N-dealkylation sites (N-methyl/N-ethyl adjacent to an activating group) is 1. The van der Waals surface area contributed by atoms with Gasteiger partial charge in [-0.25, -0.2) is 0 Å².